The van der Waals surface area contributed by atoms with Gasteiger partial charge < -0.3 is 30.5 Å². The van der Waals surface area contributed by atoms with Crippen LogP contribution in [0.2, 0.25) is 5.02 Å². The molecule has 18 heteroatoms. The van der Waals surface area contributed by atoms with E-state index >= 15 is 0 Å². The fourth-order valence-electron chi connectivity index (χ4n) is 10.1. The Labute approximate surface area is 439 Å². The van der Waals surface area contributed by atoms with Crippen LogP contribution in [0.5, 0.6) is 0 Å². The van der Waals surface area contributed by atoms with E-state index in [4.69, 9.17) is 21.3 Å². The van der Waals surface area contributed by atoms with Crippen LogP contribution in [0.25, 0.3) is 15.4 Å². The lowest BCUT2D eigenvalue weighted by molar-refractivity contribution is -0.144. The van der Waals surface area contributed by atoms with Crippen LogP contribution in [0, 0.1) is 33.1 Å². The number of hydrogen-bond donors (Lipinski definition) is 3. The van der Waals surface area contributed by atoms with E-state index in [9.17, 15) is 19.2 Å². The molecule has 2 saturated heterocycles. The van der Waals surface area contributed by atoms with Gasteiger partial charge in [0, 0.05) is 65.9 Å². The zero-order valence-corrected chi connectivity index (χ0v) is 45.2. The smallest absolute Gasteiger partial charge is 0.246 e. The first-order valence-electron chi connectivity index (χ1n) is 24.8. The number of benzene rings is 3. The lowest BCUT2D eigenvalue weighted by atomic mass is 9.85. The highest BCUT2D eigenvalue weighted by Crippen LogP contribution is 2.40. The number of fused-ring (bicyclic) bond motifs is 3. The lowest BCUT2D eigenvalue weighted by Crippen LogP contribution is -2.58. The Morgan fingerprint density at radius 1 is 0.890 bits per heavy atom. The first kappa shape index (κ1) is 51.6. The van der Waals surface area contributed by atoms with Gasteiger partial charge in [-0.3, -0.25) is 28.7 Å². The fraction of sp³-hybridized carbons (Fsp3) is 0.418. The number of methoxy groups -OCH3 is 1. The van der Waals surface area contributed by atoms with Gasteiger partial charge in [0.15, 0.2) is 5.82 Å². The van der Waals surface area contributed by atoms with Crippen LogP contribution < -0.4 is 20.9 Å². The Kier molecular flexibility index (Phi) is 15.1. The van der Waals surface area contributed by atoms with E-state index in [1.807, 2.05) is 120 Å². The summed E-state index contributed by atoms with van der Waals surface area (Å²) in [5, 5.41) is 20.1. The van der Waals surface area contributed by atoms with Gasteiger partial charge in [-0.25, -0.2) is 4.98 Å². The van der Waals surface area contributed by atoms with Crippen molar-refractivity contribution in [3.8, 4) is 15.4 Å². The van der Waals surface area contributed by atoms with Gasteiger partial charge in [0.25, 0.3) is 0 Å². The van der Waals surface area contributed by atoms with Crippen LogP contribution in [-0.2, 0) is 30.3 Å². The van der Waals surface area contributed by atoms with E-state index in [-0.39, 0.29) is 61.2 Å². The number of amides is 4. The molecular weight excluding hydrogens is 980 g/mol. The van der Waals surface area contributed by atoms with Crippen LogP contribution in [0.4, 0.5) is 5.69 Å². The van der Waals surface area contributed by atoms with Gasteiger partial charge in [0.2, 0.25) is 23.6 Å². The molecule has 73 heavy (non-hydrogen) atoms. The van der Waals surface area contributed by atoms with Crippen molar-refractivity contribution in [2.45, 2.75) is 117 Å². The third-order valence-corrected chi connectivity index (χ3v) is 16.8. The second kappa shape index (κ2) is 21.3. The maximum Gasteiger partial charge on any atom is 0.246 e. The molecule has 0 unspecified atom stereocenters. The quantitative estimate of drug-likeness (QED) is 0.0965. The molecule has 3 aliphatic rings. The molecule has 0 spiro atoms. The number of aryl methyl sites for hydroxylation is 3. The predicted octanol–water partition coefficient (Wildman–Crippen LogP) is 8.58. The minimum atomic E-state index is -0.897. The molecule has 0 bridgehead atoms. The molecule has 3 aromatic carbocycles. The largest absolute Gasteiger partial charge is 0.380 e. The van der Waals surface area contributed by atoms with Gasteiger partial charge in [0.1, 0.15) is 29.0 Å². The van der Waals surface area contributed by atoms with Crippen molar-refractivity contribution in [3.63, 3.8) is 0 Å². The SMILES string of the molecule is CO[C@@H]1C[C@@H](C(=O)N[C@@H](C)c2ccc(-c3scnc3C)cc2)N(C(=O)[C@@H](NC(=O)Cc2ccc(N3CC[C@H](NC(=O)C[C@@H]4N=C(c5ccc(Cl)cc5)c5c(sc(C)c5C)-n5c(C)nnc54)C3)cc2)C(C)(C)C)C1. The summed E-state index contributed by atoms with van der Waals surface area (Å²) in [4.78, 5) is 71.9. The summed E-state index contributed by atoms with van der Waals surface area (Å²) in [5.41, 5.74) is 9.78. The summed E-state index contributed by atoms with van der Waals surface area (Å²) in [6.07, 6.45) is 0.935. The number of thiophene rings is 1. The zero-order chi connectivity index (χ0) is 51.9. The molecule has 0 saturated carbocycles. The van der Waals surface area contributed by atoms with Gasteiger partial charge in [-0.2, -0.15) is 0 Å². The van der Waals surface area contributed by atoms with Crippen LogP contribution in [0.3, 0.4) is 0 Å². The van der Waals surface area contributed by atoms with Gasteiger partial charge in [-0.1, -0.05) is 80.9 Å². The number of nitrogens with one attached hydrogen (secondary N) is 3. The summed E-state index contributed by atoms with van der Waals surface area (Å²) in [7, 11) is 1.59. The van der Waals surface area contributed by atoms with E-state index in [2.05, 4.69) is 54.4 Å². The summed E-state index contributed by atoms with van der Waals surface area (Å²) >= 11 is 9.56. The summed E-state index contributed by atoms with van der Waals surface area (Å²) < 4.78 is 7.74. The van der Waals surface area contributed by atoms with E-state index in [0.717, 1.165) is 79.1 Å². The second-order valence-electron chi connectivity index (χ2n) is 20.5. The van der Waals surface area contributed by atoms with Crippen molar-refractivity contribution in [1.82, 2.24) is 40.6 Å². The second-order valence-corrected chi connectivity index (χ2v) is 23.0. The average molecular weight is 1040 g/mol. The number of likely N-dealkylation sites (tertiary alicyclic amines) is 1. The highest BCUT2D eigenvalue weighted by Gasteiger charge is 2.45. The van der Waals surface area contributed by atoms with E-state index in [1.54, 1.807) is 34.7 Å². The number of anilines is 1. The first-order chi connectivity index (χ1) is 34.9. The number of carbonyl (C=O) groups is 4. The van der Waals surface area contributed by atoms with Gasteiger partial charge >= 0.3 is 0 Å². The monoisotopic (exact) mass is 1040 g/mol. The molecule has 9 rings (SSSR count). The van der Waals surface area contributed by atoms with Crippen molar-refractivity contribution < 1.29 is 23.9 Å². The molecule has 0 radical (unpaired) electrons. The molecule has 15 nitrogen and oxygen atoms in total. The van der Waals surface area contributed by atoms with Crippen LogP contribution in [-0.4, -0.2) is 105 Å². The third-order valence-electron chi connectivity index (χ3n) is 14.3. The van der Waals surface area contributed by atoms with E-state index in [0.29, 0.717) is 23.8 Å². The first-order valence-corrected chi connectivity index (χ1v) is 26.9. The van der Waals surface area contributed by atoms with Gasteiger partial charge in [0.05, 0.1) is 46.8 Å². The lowest BCUT2D eigenvalue weighted by Gasteiger charge is -2.35. The average Bonchev–Trinajstić information content (AvgIpc) is 4.21. The molecule has 2 fully saturated rings. The molecule has 6 atom stereocenters. The number of nitrogens with zero attached hydrogens (tertiary/aromatic N) is 7. The van der Waals surface area contributed by atoms with Crippen LogP contribution in [0.1, 0.15) is 109 Å². The van der Waals surface area contributed by atoms with Crippen molar-refractivity contribution in [2.24, 2.45) is 10.4 Å². The molecular formula is C55H63ClN10O5S2. The van der Waals surface area contributed by atoms with Crippen molar-refractivity contribution >= 4 is 69.3 Å². The number of carbonyl (C=O) groups excluding carboxylic acids is 4. The molecule has 3 aromatic heterocycles. The zero-order valence-electron chi connectivity index (χ0n) is 42.8. The number of thiazole rings is 1. The van der Waals surface area contributed by atoms with Gasteiger partial charge in [-0.15, -0.1) is 32.9 Å². The Bertz CT molecular complexity index is 3050. The molecule has 382 valence electrons. The van der Waals surface area contributed by atoms with Gasteiger partial charge in [-0.05, 0) is 93.0 Å². The van der Waals surface area contributed by atoms with Crippen LogP contribution >= 0.6 is 34.3 Å². The van der Waals surface area contributed by atoms with Crippen molar-refractivity contribution in [1.29, 1.82) is 0 Å². The molecule has 3 aliphatic heterocycles. The minimum Gasteiger partial charge on any atom is -0.380 e. The number of ether oxygens (including phenoxy) is 1. The molecule has 3 N–H and O–H groups in total. The number of aliphatic imine (C=N–C) groups is 1. The Balaban J connectivity index is 0.806. The summed E-state index contributed by atoms with van der Waals surface area (Å²) in [6, 6.07) is 20.9. The molecule has 4 amide bonds. The number of rotatable bonds is 14. The highest BCUT2D eigenvalue weighted by atomic mass is 35.5. The Hall–Kier alpha value is -6.27. The summed E-state index contributed by atoms with van der Waals surface area (Å²) in [5.74, 6) is 0.353. The Morgan fingerprint density at radius 3 is 2.27 bits per heavy atom. The molecule has 6 heterocycles. The standard InChI is InChI=1S/C55H63ClN10O5S2/c1-30-33(4)73-54-47(30)48(37-16-18-39(56)19-17-37)60-43(51-63-62-34(5)66(51)54)26-46(68)59-40-22-23-64(27-40)41-20-10-35(11-21-41)24-45(67)61-50(55(6,7)8)53(70)65-28-42(71-9)25-44(65)52(69)58-31(2)36-12-14-38(15-13-36)49-32(3)57-29-72-49/h10-21,29,31,40,42-44,50H,22-28H2,1-9H3,(H,58,69)(H,59,68)(H,61,67)/t31-,40-,42+,43-,44-,50+/m0/s1. The molecule has 6 aromatic rings. The minimum absolute atomic E-state index is 0.0611. The Morgan fingerprint density at radius 2 is 1.60 bits per heavy atom. The molecule has 0 aliphatic carbocycles. The predicted molar refractivity (Wildman–Crippen MR) is 288 cm³/mol. The maximum absolute atomic E-state index is 14.5. The third kappa shape index (κ3) is 11.0. The fourth-order valence-corrected chi connectivity index (χ4v) is 12.3. The summed E-state index contributed by atoms with van der Waals surface area (Å²) in [6.45, 7) is 17.4. The van der Waals surface area contributed by atoms with Crippen molar-refractivity contribution in [3.05, 3.63) is 133 Å². The normalized spacial score (nSPS) is 19.4. The highest BCUT2D eigenvalue weighted by molar-refractivity contribution is 7.15. The maximum atomic E-state index is 14.5. The number of halogens is 1. The number of hydrogen-bond acceptors (Lipinski definition) is 12. The van der Waals surface area contributed by atoms with E-state index in [1.165, 1.54) is 4.88 Å². The van der Waals surface area contributed by atoms with E-state index < -0.39 is 23.5 Å². The topological polar surface area (TPSA) is 176 Å². The van der Waals surface area contributed by atoms with Crippen molar-refractivity contribution in [2.75, 3.05) is 31.6 Å². The van der Waals surface area contributed by atoms with Crippen LogP contribution in [0.15, 0.2) is 83.3 Å². The number of aromatic nitrogens is 4.